The fourth-order valence-corrected chi connectivity index (χ4v) is 3.05. The van der Waals surface area contributed by atoms with Gasteiger partial charge in [-0.05, 0) is 42.5 Å². The predicted molar refractivity (Wildman–Crippen MR) is 115 cm³/mol. The standard InChI is InChI=1S/C23H17FN6O/c1-29-23(18(13-25)14-26-29)27-21(31)12-9-17-15-30(20-5-3-2-4-6-20)28-22(17)16-7-10-19(24)11-8-16/h2-12,14-15H,1H3,(H,27,31)/b12-9+. The number of carbonyl (C=O) groups is 1. The molecule has 4 rings (SSSR count). The van der Waals surface area contributed by atoms with Crippen molar-refractivity contribution in [2.45, 2.75) is 0 Å². The molecule has 2 heterocycles. The van der Waals surface area contributed by atoms with Crippen molar-refractivity contribution in [1.29, 1.82) is 5.26 Å². The highest BCUT2D eigenvalue weighted by molar-refractivity contribution is 6.02. The number of aryl methyl sites for hydroxylation is 1. The summed E-state index contributed by atoms with van der Waals surface area (Å²) >= 11 is 0. The van der Waals surface area contributed by atoms with Gasteiger partial charge in [-0.1, -0.05) is 18.2 Å². The van der Waals surface area contributed by atoms with Crippen molar-refractivity contribution in [1.82, 2.24) is 19.6 Å². The van der Waals surface area contributed by atoms with Crippen LogP contribution in [0.3, 0.4) is 0 Å². The molecule has 0 bridgehead atoms. The summed E-state index contributed by atoms with van der Waals surface area (Å²) in [6.45, 7) is 0. The van der Waals surface area contributed by atoms with E-state index in [2.05, 4.69) is 15.5 Å². The van der Waals surface area contributed by atoms with E-state index in [-0.39, 0.29) is 11.4 Å². The SMILES string of the molecule is Cn1ncc(C#N)c1NC(=O)/C=C/c1cn(-c2ccccc2)nc1-c1ccc(F)cc1. The molecular formula is C23H17FN6O. The normalized spacial score (nSPS) is 10.9. The van der Waals surface area contributed by atoms with E-state index >= 15 is 0 Å². The third kappa shape index (κ3) is 4.26. The van der Waals surface area contributed by atoms with Gasteiger partial charge in [0.2, 0.25) is 5.91 Å². The first-order valence-corrected chi connectivity index (χ1v) is 9.37. The molecule has 2 aromatic heterocycles. The van der Waals surface area contributed by atoms with Crippen LogP contribution in [-0.4, -0.2) is 25.5 Å². The number of benzene rings is 2. The summed E-state index contributed by atoms with van der Waals surface area (Å²) in [7, 11) is 1.64. The number of nitrogens with one attached hydrogen (secondary N) is 1. The van der Waals surface area contributed by atoms with Gasteiger partial charge < -0.3 is 5.32 Å². The number of anilines is 1. The number of nitriles is 1. The van der Waals surface area contributed by atoms with Crippen molar-refractivity contribution in [3.05, 3.63) is 90.0 Å². The number of amides is 1. The van der Waals surface area contributed by atoms with E-state index in [9.17, 15) is 9.18 Å². The highest BCUT2D eigenvalue weighted by Crippen LogP contribution is 2.25. The van der Waals surface area contributed by atoms with E-state index in [1.165, 1.54) is 29.1 Å². The van der Waals surface area contributed by atoms with Crippen LogP contribution < -0.4 is 5.32 Å². The minimum Gasteiger partial charge on any atom is -0.306 e. The summed E-state index contributed by atoms with van der Waals surface area (Å²) in [5.74, 6) is -0.444. The molecule has 0 fully saturated rings. The highest BCUT2D eigenvalue weighted by Gasteiger charge is 2.13. The number of hydrogen-bond donors (Lipinski definition) is 1. The van der Waals surface area contributed by atoms with E-state index in [1.807, 2.05) is 36.4 Å². The molecule has 31 heavy (non-hydrogen) atoms. The lowest BCUT2D eigenvalue weighted by Crippen LogP contribution is -2.12. The van der Waals surface area contributed by atoms with Crippen molar-refractivity contribution in [2.24, 2.45) is 7.05 Å². The van der Waals surface area contributed by atoms with Crippen LogP contribution in [0, 0.1) is 17.1 Å². The van der Waals surface area contributed by atoms with Crippen molar-refractivity contribution in [3.8, 4) is 23.0 Å². The second-order valence-corrected chi connectivity index (χ2v) is 6.68. The molecule has 0 radical (unpaired) electrons. The smallest absolute Gasteiger partial charge is 0.249 e. The molecule has 0 aliphatic carbocycles. The average Bonchev–Trinajstić information content (AvgIpc) is 3.37. The Morgan fingerprint density at radius 1 is 1.16 bits per heavy atom. The third-order valence-electron chi connectivity index (χ3n) is 4.60. The zero-order valence-corrected chi connectivity index (χ0v) is 16.5. The Balaban J connectivity index is 1.67. The second kappa shape index (κ2) is 8.47. The molecule has 2 aromatic carbocycles. The van der Waals surface area contributed by atoms with E-state index in [1.54, 1.807) is 36.1 Å². The minimum atomic E-state index is -0.419. The van der Waals surface area contributed by atoms with Crippen LogP contribution in [0.25, 0.3) is 23.0 Å². The van der Waals surface area contributed by atoms with Crippen LogP contribution in [0.5, 0.6) is 0 Å². The molecule has 4 aromatic rings. The van der Waals surface area contributed by atoms with E-state index in [0.29, 0.717) is 17.1 Å². The molecule has 0 atom stereocenters. The van der Waals surface area contributed by atoms with Crippen molar-refractivity contribution in [3.63, 3.8) is 0 Å². The first kappa shape index (κ1) is 19.8. The fourth-order valence-electron chi connectivity index (χ4n) is 3.05. The van der Waals surface area contributed by atoms with Crippen LogP contribution in [-0.2, 0) is 11.8 Å². The Morgan fingerprint density at radius 3 is 2.61 bits per heavy atom. The van der Waals surface area contributed by atoms with Gasteiger partial charge in [-0.15, -0.1) is 0 Å². The average molecular weight is 412 g/mol. The maximum absolute atomic E-state index is 13.4. The Kier molecular flexibility index (Phi) is 5.41. The predicted octanol–water partition coefficient (Wildman–Crippen LogP) is 3.94. The molecule has 0 aliphatic rings. The third-order valence-corrected chi connectivity index (χ3v) is 4.60. The summed E-state index contributed by atoms with van der Waals surface area (Å²) < 4.78 is 16.5. The Morgan fingerprint density at radius 2 is 1.90 bits per heavy atom. The lowest BCUT2D eigenvalue weighted by Gasteiger charge is -2.03. The van der Waals surface area contributed by atoms with Crippen LogP contribution >= 0.6 is 0 Å². The van der Waals surface area contributed by atoms with Gasteiger partial charge in [0.1, 0.15) is 23.3 Å². The fraction of sp³-hybridized carbons (Fsp3) is 0.0435. The van der Waals surface area contributed by atoms with Gasteiger partial charge in [0.05, 0.1) is 17.6 Å². The molecule has 0 unspecified atom stereocenters. The van der Waals surface area contributed by atoms with Gasteiger partial charge in [-0.25, -0.2) is 9.07 Å². The van der Waals surface area contributed by atoms with E-state index < -0.39 is 5.91 Å². The summed E-state index contributed by atoms with van der Waals surface area (Å²) in [6, 6.07) is 17.5. The topological polar surface area (TPSA) is 88.5 Å². The maximum Gasteiger partial charge on any atom is 0.249 e. The van der Waals surface area contributed by atoms with Gasteiger partial charge in [-0.2, -0.15) is 15.5 Å². The largest absolute Gasteiger partial charge is 0.306 e. The monoisotopic (exact) mass is 412 g/mol. The molecule has 1 amide bonds. The quantitative estimate of drug-likeness (QED) is 0.503. The molecule has 1 N–H and O–H groups in total. The van der Waals surface area contributed by atoms with Crippen molar-refractivity contribution >= 4 is 17.8 Å². The number of nitrogens with zero attached hydrogens (tertiary/aromatic N) is 5. The van der Waals surface area contributed by atoms with Crippen molar-refractivity contribution < 1.29 is 9.18 Å². The Labute approximate surface area is 177 Å². The van der Waals surface area contributed by atoms with Crippen molar-refractivity contribution in [2.75, 3.05) is 5.32 Å². The number of aromatic nitrogens is 4. The molecular weight excluding hydrogens is 395 g/mol. The Hall–Kier alpha value is -4.51. The summed E-state index contributed by atoms with van der Waals surface area (Å²) in [5, 5.41) is 20.4. The van der Waals surface area contributed by atoms with Crippen LogP contribution in [0.1, 0.15) is 11.1 Å². The lowest BCUT2D eigenvalue weighted by atomic mass is 10.1. The molecule has 0 spiro atoms. The van der Waals surface area contributed by atoms with Crippen LogP contribution in [0.2, 0.25) is 0 Å². The van der Waals surface area contributed by atoms with Gasteiger partial charge in [0.15, 0.2) is 0 Å². The number of carbonyl (C=O) groups excluding carboxylic acids is 1. The summed E-state index contributed by atoms with van der Waals surface area (Å²) in [5.41, 5.74) is 3.12. The second-order valence-electron chi connectivity index (χ2n) is 6.68. The molecule has 8 heteroatoms. The molecule has 0 aliphatic heterocycles. The zero-order chi connectivity index (χ0) is 21.8. The first-order chi connectivity index (χ1) is 15.0. The molecule has 0 saturated heterocycles. The number of halogens is 1. The lowest BCUT2D eigenvalue weighted by molar-refractivity contribution is -0.111. The summed E-state index contributed by atoms with van der Waals surface area (Å²) in [6.07, 6.45) is 6.16. The molecule has 152 valence electrons. The van der Waals surface area contributed by atoms with Crippen LogP contribution in [0.4, 0.5) is 10.2 Å². The Bertz CT molecular complexity index is 1300. The van der Waals surface area contributed by atoms with Gasteiger partial charge in [0.25, 0.3) is 0 Å². The molecule has 0 saturated carbocycles. The number of para-hydroxylation sites is 1. The summed E-state index contributed by atoms with van der Waals surface area (Å²) in [4.78, 5) is 12.4. The number of hydrogen-bond acceptors (Lipinski definition) is 4. The van der Waals surface area contributed by atoms with Gasteiger partial charge in [0, 0.05) is 30.4 Å². The highest BCUT2D eigenvalue weighted by atomic mass is 19.1. The van der Waals surface area contributed by atoms with E-state index in [0.717, 1.165) is 11.3 Å². The van der Waals surface area contributed by atoms with Crippen LogP contribution in [0.15, 0.2) is 73.1 Å². The number of rotatable bonds is 5. The maximum atomic E-state index is 13.4. The van der Waals surface area contributed by atoms with E-state index in [4.69, 9.17) is 5.26 Å². The zero-order valence-electron chi connectivity index (χ0n) is 16.5. The molecule has 7 nitrogen and oxygen atoms in total. The first-order valence-electron chi connectivity index (χ1n) is 9.37. The van der Waals surface area contributed by atoms with Gasteiger partial charge >= 0.3 is 0 Å². The van der Waals surface area contributed by atoms with Gasteiger partial charge in [-0.3, -0.25) is 9.48 Å². The minimum absolute atomic E-state index is 0.271.